The number of para-hydroxylation sites is 1. The molecule has 0 saturated carbocycles. The maximum atomic E-state index is 12.3. The standard InChI is InChI=1S/C16H19N3O2.ClH/c1-19(9-10-21-15-5-3-2-4-6-15)16(20)13-7-8-18-14(11-13)12-17;/h2-8,11H,9-10,12,17H2,1H3;1H. The number of benzene rings is 1. The van der Waals surface area contributed by atoms with Gasteiger partial charge in [0, 0.05) is 25.4 Å². The molecule has 2 N–H and O–H groups in total. The molecule has 1 aromatic heterocycles. The second kappa shape index (κ2) is 9.02. The summed E-state index contributed by atoms with van der Waals surface area (Å²) in [5, 5.41) is 0. The van der Waals surface area contributed by atoms with E-state index in [4.69, 9.17) is 10.5 Å². The fourth-order valence-corrected chi connectivity index (χ4v) is 1.86. The van der Waals surface area contributed by atoms with E-state index >= 15 is 0 Å². The lowest BCUT2D eigenvalue weighted by atomic mass is 10.2. The number of carbonyl (C=O) groups excluding carboxylic acids is 1. The first-order valence-corrected chi connectivity index (χ1v) is 6.79. The average Bonchev–Trinajstić information content (AvgIpc) is 2.55. The normalized spacial score (nSPS) is 9.73. The van der Waals surface area contributed by atoms with Crippen molar-refractivity contribution in [2.75, 3.05) is 20.2 Å². The van der Waals surface area contributed by atoms with E-state index in [0.29, 0.717) is 31.0 Å². The third-order valence-corrected chi connectivity index (χ3v) is 3.06. The zero-order valence-electron chi connectivity index (χ0n) is 12.4. The summed E-state index contributed by atoms with van der Waals surface area (Å²) in [4.78, 5) is 18.0. The largest absolute Gasteiger partial charge is 0.492 e. The number of carbonyl (C=O) groups is 1. The Hall–Kier alpha value is -2.11. The molecule has 5 nitrogen and oxygen atoms in total. The maximum absolute atomic E-state index is 12.3. The van der Waals surface area contributed by atoms with Gasteiger partial charge in [-0.3, -0.25) is 9.78 Å². The molecule has 6 heteroatoms. The van der Waals surface area contributed by atoms with Crippen molar-refractivity contribution in [3.63, 3.8) is 0 Å². The molecule has 0 radical (unpaired) electrons. The number of nitrogens with zero attached hydrogens (tertiary/aromatic N) is 2. The molecule has 1 heterocycles. The fourth-order valence-electron chi connectivity index (χ4n) is 1.86. The number of nitrogens with two attached hydrogens (primary N) is 1. The molecule has 0 aliphatic heterocycles. The van der Waals surface area contributed by atoms with Gasteiger partial charge in [-0.25, -0.2) is 0 Å². The molecule has 0 saturated heterocycles. The van der Waals surface area contributed by atoms with E-state index in [9.17, 15) is 4.79 Å². The second-order valence-corrected chi connectivity index (χ2v) is 4.63. The number of pyridine rings is 1. The Morgan fingerprint density at radius 2 is 2.00 bits per heavy atom. The van der Waals surface area contributed by atoms with Crippen molar-refractivity contribution in [3.8, 4) is 5.75 Å². The first kappa shape index (κ1) is 17.9. The molecule has 0 fully saturated rings. The summed E-state index contributed by atoms with van der Waals surface area (Å²) in [5.41, 5.74) is 6.83. The smallest absolute Gasteiger partial charge is 0.253 e. The highest BCUT2D eigenvalue weighted by molar-refractivity contribution is 5.94. The minimum atomic E-state index is -0.0660. The first-order valence-electron chi connectivity index (χ1n) is 6.79. The van der Waals surface area contributed by atoms with Gasteiger partial charge in [0.05, 0.1) is 12.2 Å². The molecule has 1 amide bonds. The summed E-state index contributed by atoms with van der Waals surface area (Å²) >= 11 is 0. The van der Waals surface area contributed by atoms with E-state index in [0.717, 1.165) is 5.75 Å². The monoisotopic (exact) mass is 321 g/mol. The molecule has 0 atom stereocenters. The second-order valence-electron chi connectivity index (χ2n) is 4.63. The van der Waals surface area contributed by atoms with Crippen LogP contribution in [-0.4, -0.2) is 36.0 Å². The number of ether oxygens (including phenoxy) is 1. The number of hydrogen-bond donors (Lipinski definition) is 1. The van der Waals surface area contributed by atoms with Crippen LogP contribution in [0.3, 0.4) is 0 Å². The molecule has 1 aromatic carbocycles. The Labute approximate surface area is 136 Å². The molecule has 2 aromatic rings. The third-order valence-electron chi connectivity index (χ3n) is 3.06. The predicted octanol–water partition coefficient (Wildman–Crippen LogP) is 2.11. The molecule has 0 spiro atoms. The van der Waals surface area contributed by atoms with Crippen molar-refractivity contribution < 1.29 is 9.53 Å². The van der Waals surface area contributed by atoms with E-state index < -0.39 is 0 Å². The Balaban J connectivity index is 0.00000242. The Morgan fingerprint density at radius 1 is 1.27 bits per heavy atom. The van der Waals surface area contributed by atoms with Gasteiger partial charge in [0.1, 0.15) is 12.4 Å². The van der Waals surface area contributed by atoms with Crippen LogP contribution in [0.2, 0.25) is 0 Å². The predicted molar refractivity (Wildman–Crippen MR) is 88.3 cm³/mol. The van der Waals surface area contributed by atoms with Crippen molar-refractivity contribution >= 4 is 18.3 Å². The van der Waals surface area contributed by atoms with Crippen LogP contribution in [0.15, 0.2) is 48.7 Å². The Morgan fingerprint density at radius 3 is 2.68 bits per heavy atom. The van der Waals surface area contributed by atoms with Gasteiger partial charge >= 0.3 is 0 Å². The van der Waals surface area contributed by atoms with Gasteiger partial charge in [0.15, 0.2) is 0 Å². The molecular formula is C16H20ClN3O2. The molecular weight excluding hydrogens is 302 g/mol. The summed E-state index contributed by atoms with van der Waals surface area (Å²) in [6, 6.07) is 12.9. The SMILES string of the molecule is CN(CCOc1ccccc1)C(=O)c1ccnc(CN)c1.Cl. The number of likely N-dealkylation sites (N-methyl/N-ethyl adjacent to an activating group) is 1. The molecule has 2 rings (SSSR count). The van der Waals surface area contributed by atoms with Gasteiger partial charge in [-0.1, -0.05) is 18.2 Å². The molecule has 0 aliphatic carbocycles. The van der Waals surface area contributed by atoms with Crippen LogP contribution in [0.5, 0.6) is 5.75 Å². The van der Waals surface area contributed by atoms with Crippen molar-refractivity contribution in [1.82, 2.24) is 9.88 Å². The van der Waals surface area contributed by atoms with Crippen molar-refractivity contribution in [3.05, 3.63) is 59.9 Å². The molecule has 0 aliphatic rings. The molecule has 0 bridgehead atoms. The number of hydrogen-bond acceptors (Lipinski definition) is 4. The fraction of sp³-hybridized carbons (Fsp3) is 0.250. The van der Waals surface area contributed by atoms with Crippen LogP contribution in [0.1, 0.15) is 16.1 Å². The molecule has 0 unspecified atom stereocenters. The Kier molecular flexibility index (Phi) is 7.36. The van der Waals surface area contributed by atoms with Crippen LogP contribution in [0.25, 0.3) is 0 Å². The quantitative estimate of drug-likeness (QED) is 0.884. The van der Waals surface area contributed by atoms with E-state index in [-0.39, 0.29) is 18.3 Å². The van der Waals surface area contributed by atoms with Gasteiger partial charge in [0.25, 0.3) is 5.91 Å². The number of aromatic nitrogens is 1. The summed E-state index contributed by atoms with van der Waals surface area (Å²) in [7, 11) is 1.75. The van der Waals surface area contributed by atoms with Crippen molar-refractivity contribution in [2.24, 2.45) is 5.73 Å². The van der Waals surface area contributed by atoms with Crippen molar-refractivity contribution in [1.29, 1.82) is 0 Å². The zero-order chi connectivity index (χ0) is 15.1. The van der Waals surface area contributed by atoms with Gasteiger partial charge in [0.2, 0.25) is 0 Å². The highest BCUT2D eigenvalue weighted by Crippen LogP contribution is 2.09. The van der Waals surface area contributed by atoms with Gasteiger partial charge in [-0.15, -0.1) is 12.4 Å². The van der Waals surface area contributed by atoms with Crippen LogP contribution < -0.4 is 10.5 Å². The average molecular weight is 322 g/mol. The minimum absolute atomic E-state index is 0. The highest BCUT2D eigenvalue weighted by Gasteiger charge is 2.12. The minimum Gasteiger partial charge on any atom is -0.492 e. The van der Waals surface area contributed by atoms with Gasteiger partial charge in [-0.2, -0.15) is 0 Å². The summed E-state index contributed by atoms with van der Waals surface area (Å²) in [6.07, 6.45) is 1.60. The summed E-state index contributed by atoms with van der Waals surface area (Å²) in [5.74, 6) is 0.733. The number of halogens is 1. The van der Waals surface area contributed by atoms with E-state index in [1.54, 1.807) is 30.3 Å². The zero-order valence-corrected chi connectivity index (χ0v) is 13.3. The van der Waals surface area contributed by atoms with Gasteiger partial charge < -0.3 is 15.4 Å². The third kappa shape index (κ3) is 5.02. The lowest BCUT2D eigenvalue weighted by Crippen LogP contribution is -2.31. The van der Waals surface area contributed by atoms with Crippen LogP contribution in [0, 0.1) is 0 Å². The lowest BCUT2D eigenvalue weighted by molar-refractivity contribution is 0.0773. The highest BCUT2D eigenvalue weighted by atomic mass is 35.5. The topological polar surface area (TPSA) is 68.5 Å². The molecule has 22 heavy (non-hydrogen) atoms. The Bertz CT molecular complexity index is 593. The van der Waals surface area contributed by atoms with E-state index in [1.165, 1.54) is 0 Å². The van der Waals surface area contributed by atoms with Crippen LogP contribution in [0.4, 0.5) is 0 Å². The number of rotatable bonds is 6. The van der Waals surface area contributed by atoms with Gasteiger partial charge in [-0.05, 0) is 24.3 Å². The lowest BCUT2D eigenvalue weighted by Gasteiger charge is -2.17. The first-order chi connectivity index (χ1) is 10.2. The van der Waals surface area contributed by atoms with Crippen LogP contribution in [-0.2, 0) is 6.54 Å². The summed E-state index contributed by atoms with van der Waals surface area (Å²) < 4.78 is 5.58. The van der Waals surface area contributed by atoms with E-state index in [2.05, 4.69) is 4.98 Å². The van der Waals surface area contributed by atoms with E-state index in [1.807, 2.05) is 30.3 Å². The molecule has 118 valence electrons. The maximum Gasteiger partial charge on any atom is 0.253 e. The van der Waals surface area contributed by atoms with Crippen LogP contribution >= 0.6 is 12.4 Å². The number of amides is 1. The van der Waals surface area contributed by atoms with Crippen molar-refractivity contribution in [2.45, 2.75) is 6.54 Å². The summed E-state index contributed by atoms with van der Waals surface area (Å²) in [6.45, 7) is 1.27.